The number of nitriles is 1. The van der Waals surface area contributed by atoms with Gasteiger partial charge < -0.3 is 15.1 Å². The van der Waals surface area contributed by atoms with Crippen molar-refractivity contribution in [3.63, 3.8) is 0 Å². The lowest BCUT2D eigenvalue weighted by molar-refractivity contribution is -0.121. The van der Waals surface area contributed by atoms with Gasteiger partial charge in [0.25, 0.3) is 0 Å². The number of aromatic nitrogens is 2. The van der Waals surface area contributed by atoms with Gasteiger partial charge in [-0.3, -0.25) is 4.79 Å². The molecule has 2 aromatic rings. The Bertz CT molecular complexity index is 851. The summed E-state index contributed by atoms with van der Waals surface area (Å²) in [5.41, 5.74) is 1.85. The first-order chi connectivity index (χ1) is 12.6. The van der Waals surface area contributed by atoms with Gasteiger partial charge in [-0.05, 0) is 19.2 Å². The maximum Gasteiger partial charge on any atom is 0.243 e. The van der Waals surface area contributed by atoms with Gasteiger partial charge in [0.15, 0.2) is 11.7 Å². The molecule has 1 atom stereocenters. The van der Waals surface area contributed by atoms with Crippen molar-refractivity contribution in [2.24, 2.45) is 0 Å². The topological polar surface area (TPSA) is 85.1 Å². The van der Waals surface area contributed by atoms with E-state index in [0.29, 0.717) is 23.6 Å². The molecule has 0 aliphatic carbocycles. The Labute approximate surface area is 152 Å². The molecule has 1 aliphatic heterocycles. The number of hydrogen-bond acceptors (Lipinski definition) is 6. The number of rotatable bonds is 5. The van der Waals surface area contributed by atoms with E-state index in [-0.39, 0.29) is 5.91 Å². The maximum atomic E-state index is 12.5. The Kier molecular flexibility index (Phi) is 5.44. The van der Waals surface area contributed by atoms with Crippen LogP contribution in [0.25, 0.3) is 11.0 Å². The second-order valence-corrected chi connectivity index (χ2v) is 6.31. The highest BCUT2D eigenvalue weighted by atomic mass is 16.1. The summed E-state index contributed by atoms with van der Waals surface area (Å²) in [6.45, 7) is 7.25. The molecular weight excluding hydrogens is 328 g/mol. The van der Waals surface area contributed by atoms with E-state index >= 15 is 0 Å². The Morgan fingerprint density at radius 2 is 1.96 bits per heavy atom. The van der Waals surface area contributed by atoms with E-state index in [2.05, 4.69) is 39.8 Å². The van der Waals surface area contributed by atoms with E-state index in [4.69, 9.17) is 4.98 Å². The van der Waals surface area contributed by atoms with Crippen LogP contribution in [0.5, 0.6) is 0 Å². The van der Waals surface area contributed by atoms with Gasteiger partial charge in [-0.15, -0.1) is 6.58 Å². The van der Waals surface area contributed by atoms with Crippen molar-refractivity contribution >= 4 is 22.8 Å². The van der Waals surface area contributed by atoms with Crippen molar-refractivity contribution in [2.75, 3.05) is 44.7 Å². The Balaban J connectivity index is 2.06. The van der Waals surface area contributed by atoms with Gasteiger partial charge >= 0.3 is 0 Å². The number of piperazine rings is 1. The molecule has 26 heavy (non-hydrogen) atoms. The van der Waals surface area contributed by atoms with Crippen LogP contribution in [0.15, 0.2) is 36.9 Å². The second kappa shape index (κ2) is 7.93. The van der Waals surface area contributed by atoms with Gasteiger partial charge in [0.05, 0.1) is 17.1 Å². The molecule has 1 fully saturated rings. The smallest absolute Gasteiger partial charge is 0.243 e. The number of fused-ring (bicyclic) bond motifs is 1. The van der Waals surface area contributed by atoms with Crippen LogP contribution in [-0.4, -0.2) is 60.5 Å². The number of anilines is 1. The molecule has 1 amide bonds. The Hall–Kier alpha value is -2.98. The molecule has 2 heterocycles. The number of carbonyl (C=O) groups is 1. The third-order valence-electron chi connectivity index (χ3n) is 4.47. The summed E-state index contributed by atoms with van der Waals surface area (Å²) in [7, 11) is 2.07. The number of para-hydroxylation sites is 2. The van der Waals surface area contributed by atoms with Crippen molar-refractivity contribution in [1.29, 1.82) is 5.26 Å². The molecule has 7 heteroatoms. The lowest BCUT2D eigenvalue weighted by Crippen LogP contribution is -2.45. The van der Waals surface area contributed by atoms with E-state index in [1.807, 2.05) is 24.3 Å². The van der Waals surface area contributed by atoms with E-state index in [9.17, 15) is 10.1 Å². The monoisotopic (exact) mass is 350 g/mol. The van der Waals surface area contributed by atoms with E-state index < -0.39 is 5.92 Å². The molecule has 0 spiro atoms. The highest BCUT2D eigenvalue weighted by Gasteiger charge is 2.29. The Morgan fingerprint density at radius 3 is 2.58 bits per heavy atom. The highest BCUT2D eigenvalue weighted by molar-refractivity contribution is 5.89. The second-order valence-electron chi connectivity index (χ2n) is 6.31. The van der Waals surface area contributed by atoms with Crippen LogP contribution in [0, 0.1) is 11.3 Å². The van der Waals surface area contributed by atoms with E-state index in [1.165, 1.54) is 0 Å². The molecule has 1 aromatic heterocycles. The van der Waals surface area contributed by atoms with Crippen molar-refractivity contribution in [3.8, 4) is 6.07 Å². The fourth-order valence-corrected chi connectivity index (χ4v) is 2.97. The predicted octanol–water partition coefficient (Wildman–Crippen LogP) is 1.29. The number of likely N-dealkylation sites (N-methyl/N-ethyl adjacent to an activating group) is 1. The van der Waals surface area contributed by atoms with Crippen molar-refractivity contribution in [3.05, 3.63) is 42.6 Å². The summed E-state index contributed by atoms with van der Waals surface area (Å²) in [5, 5.41) is 12.3. The summed E-state index contributed by atoms with van der Waals surface area (Å²) in [6.07, 6.45) is 1.58. The normalized spacial score (nSPS) is 16.1. The minimum Gasteiger partial charge on any atom is -0.352 e. The molecule has 0 bridgehead atoms. The molecule has 3 rings (SSSR count). The molecule has 7 nitrogen and oxygen atoms in total. The van der Waals surface area contributed by atoms with Crippen LogP contribution in [-0.2, 0) is 4.79 Å². The van der Waals surface area contributed by atoms with Crippen molar-refractivity contribution < 1.29 is 4.79 Å². The predicted molar refractivity (Wildman–Crippen MR) is 101 cm³/mol. The first-order valence-corrected chi connectivity index (χ1v) is 8.62. The number of amides is 1. The summed E-state index contributed by atoms with van der Waals surface area (Å²) >= 11 is 0. The summed E-state index contributed by atoms with van der Waals surface area (Å²) in [6, 6.07) is 9.61. The third-order valence-corrected chi connectivity index (χ3v) is 4.47. The number of hydrogen-bond donors (Lipinski definition) is 1. The molecular formula is C19H22N6O. The van der Waals surface area contributed by atoms with Crippen LogP contribution in [0.3, 0.4) is 0 Å². The SMILES string of the molecule is C=CCNC(=O)[C@H](C#N)c1nc2ccccc2nc1N1CCN(C)CC1. The minimum absolute atomic E-state index is 0.307. The Morgan fingerprint density at radius 1 is 1.31 bits per heavy atom. The average Bonchev–Trinajstić information content (AvgIpc) is 2.67. The van der Waals surface area contributed by atoms with Crippen LogP contribution < -0.4 is 10.2 Å². The molecule has 134 valence electrons. The van der Waals surface area contributed by atoms with E-state index in [1.54, 1.807) is 6.08 Å². The number of carbonyl (C=O) groups excluding carboxylic acids is 1. The lowest BCUT2D eigenvalue weighted by Gasteiger charge is -2.34. The quantitative estimate of drug-likeness (QED) is 0.818. The van der Waals surface area contributed by atoms with Crippen LogP contribution in [0.4, 0.5) is 5.82 Å². The van der Waals surface area contributed by atoms with Gasteiger partial charge in [0, 0.05) is 32.7 Å². The zero-order valence-electron chi connectivity index (χ0n) is 14.9. The average molecular weight is 350 g/mol. The minimum atomic E-state index is -1.01. The maximum absolute atomic E-state index is 12.5. The van der Waals surface area contributed by atoms with Crippen LogP contribution in [0.1, 0.15) is 11.6 Å². The molecule has 0 saturated carbocycles. The molecule has 1 aliphatic rings. The van der Waals surface area contributed by atoms with Gasteiger partial charge in [-0.1, -0.05) is 18.2 Å². The molecule has 0 radical (unpaired) electrons. The van der Waals surface area contributed by atoms with E-state index in [0.717, 1.165) is 31.7 Å². The van der Waals surface area contributed by atoms with Gasteiger partial charge in [0.2, 0.25) is 5.91 Å². The van der Waals surface area contributed by atoms with Gasteiger partial charge in [0.1, 0.15) is 5.69 Å². The standard InChI is InChI=1S/C19H22N6O/c1-3-8-21-19(26)14(13-20)17-18(25-11-9-24(2)10-12-25)23-16-7-5-4-6-15(16)22-17/h3-7,14H,1,8-12H2,2H3,(H,21,26)/t14-/m1/s1. The van der Waals surface area contributed by atoms with Crippen LogP contribution >= 0.6 is 0 Å². The molecule has 1 aromatic carbocycles. The molecule has 0 unspecified atom stereocenters. The van der Waals surface area contributed by atoms with Gasteiger partial charge in [-0.25, -0.2) is 9.97 Å². The molecule has 1 N–H and O–H groups in total. The molecule has 1 saturated heterocycles. The van der Waals surface area contributed by atoms with Crippen LogP contribution in [0.2, 0.25) is 0 Å². The lowest BCUT2D eigenvalue weighted by atomic mass is 10.0. The number of benzene rings is 1. The third kappa shape index (κ3) is 3.65. The fraction of sp³-hybridized carbons (Fsp3) is 0.368. The first-order valence-electron chi connectivity index (χ1n) is 8.62. The first kappa shape index (κ1) is 17.8. The summed E-state index contributed by atoms with van der Waals surface area (Å²) in [4.78, 5) is 26.2. The van der Waals surface area contributed by atoms with Crippen molar-refractivity contribution in [2.45, 2.75) is 5.92 Å². The zero-order valence-corrected chi connectivity index (χ0v) is 14.9. The fourth-order valence-electron chi connectivity index (χ4n) is 2.97. The summed E-state index contributed by atoms with van der Waals surface area (Å²) in [5.74, 6) is -0.772. The number of nitrogens with zero attached hydrogens (tertiary/aromatic N) is 5. The zero-order chi connectivity index (χ0) is 18.5. The van der Waals surface area contributed by atoms with Crippen molar-refractivity contribution in [1.82, 2.24) is 20.2 Å². The highest BCUT2D eigenvalue weighted by Crippen LogP contribution is 2.27. The van der Waals surface area contributed by atoms with Gasteiger partial charge in [-0.2, -0.15) is 5.26 Å². The number of nitrogens with one attached hydrogen (secondary N) is 1. The largest absolute Gasteiger partial charge is 0.352 e. The summed E-state index contributed by atoms with van der Waals surface area (Å²) < 4.78 is 0.